The summed E-state index contributed by atoms with van der Waals surface area (Å²) in [5, 5.41) is 2.79. The van der Waals surface area contributed by atoms with Gasteiger partial charge in [-0.3, -0.25) is 9.59 Å². The second-order valence-corrected chi connectivity index (χ2v) is 8.85. The van der Waals surface area contributed by atoms with E-state index in [4.69, 9.17) is 18.6 Å². The molecule has 0 bridgehead atoms. The van der Waals surface area contributed by atoms with Gasteiger partial charge < -0.3 is 23.9 Å². The number of hydrogen-bond acceptors (Lipinski definition) is 7. The third-order valence-electron chi connectivity index (χ3n) is 4.90. The minimum absolute atomic E-state index is 0.0800. The lowest BCUT2D eigenvalue weighted by Crippen LogP contribution is -2.24. The number of methoxy groups -OCH3 is 1. The fourth-order valence-corrected chi connectivity index (χ4v) is 3.23. The molecule has 35 heavy (non-hydrogen) atoms. The Morgan fingerprint density at radius 3 is 2.20 bits per heavy atom. The number of oxazole rings is 1. The molecule has 3 aromatic rings. The normalized spacial score (nSPS) is 11.1. The number of ether oxygens (including phenoxy) is 3. The maximum absolute atomic E-state index is 11.9. The Hall–Kier alpha value is -3.81. The third kappa shape index (κ3) is 7.60. The van der Waals surface area contributed by atoms with Crippen molar-refractivity contribution in [2.45, 2.75) is 52.7 Å². The lowest BCUT2D eigenvalue weighted by Gasteiger charge is -2.19. The molecule has 0 aliphatic heterocycles. The molecule has 1 N–H and O–H groups in total. The number of aromatic nitrogens is 1. The minimum atomic E-state index is -0.518. The van der Waals surface area contributed by atoms with Gasteiger partial charge in [-0.05, 0) is 69.3 Å². The number of amides is 1. The lowest BCUT2D eigenvalue weighted by molar-refractivity contribution is -0.155. The van der Waals surface area contributed by atoms with Gasteiger partial charge in [-0.1, -0.05) is 6.92 Å². The second-order valence-electron chi connectivity index (χ2n) is 8.85. The first-order valence-corrected chi connectivity index (χ1v) is 11.5. The van der Waals surface area contributed by atoms with Crippen LogP contribution in [0, 0.1) is 0 Å². The van der Waals surface area contributed by atoms with E-state index in [2.05, 4.69) is 10.3 Å². The van der Waals surface area contributed by atoms with E-state index < -0.39 is 5.60 Å². The van der Waals surface area contributed by atoms with Crippen LogP contribution in [0.2, 0.25) is 0 Å². The van der Waals surface area contributed by atoms with E-state index in [1.54, 1.807) is 14.0 Å². The summed E-state index contributed by atoms with van der Waals surface area (Å²) in [5.74, 6) is 1.97. The van der Waals surface area contributed by atoms with Crippen LogP contribution in [0.25, 0.3) is 22.6 Å². The van der Waals surface area contributed by atoms with Crippen LogP contribution in [0.15, 0.2) is 52.9 Å². The molecule has 1 amide bonds. The third-order valence-corrected chi connectivity index (χ3v) is 4.90. The molecule has 8 heteroatoms. The first-order valence-electron chi connectivity index (χ1n) is 11.5. The Morgan fingerprint density at radius 2 is 1.60 bits per heavy atom. The van der Waals surface area contributed by atoms with Crippen LogP contribution < -0.4 is 14.8 Å². The molecule has 0 saturated carbocycles. The Kier molecular flexibility index (Phi) is 8.52. The number of rotatable bonds is 10. The molecule has 0 fully saturated rings. The molecule has 0 radical (unpaired) electrons. The molecule has 186 valence electrons. The van der Waals surface area contributed by atoms with Crippen molar-refractivity contribution in [3.05, 3.63) is 54.4 Å². The summed E-state index contributed by atoms with van der Waals surface area (Å²) in [6, 6.07) is 14.9. The van der Waals surface area contributed by atoms with Gasteiger partial charge in [0.05, 0.1) is 26.7 Å². The van der Waals surface area contributed by atoms with Crippen LogP contribution in [-0.4, -0.2) is 36.2 Å². The Balaban J connectivity index is 1.76. The van der Waals surface area contributed by atoms with E-state index in [1.807, 2.05) is 69.3 Å². The zero-order chi connectivity index (χ0) is 25.4. The highest BCUT2D eigenvalue weighted by atomic mass is 16.6. The average Bonchev–Trinajstić information content (AvgIpc) is 3.26. The number of carbonyl (C=O) groups excluding carboxylic acids is 2. The number of carbonyl (C=O) groups is 2. The summed E-state index contributed by atoms with van der Waals surface area (Å²) in [6.45, 7) is 7.69. The highest BCUT2D eigenvalue weighted by Gasteiger charge is 2.18. The van der Waals surface area contributed by atoms with Gasteiger partial charge in [0.1, 0.15) is 22.8 Å². The van der Waals surface area contributed by atoms with Gasteiger partial charge >= 0.3 is 5.97 Å². The van der Waals surface area contributed by atoms with Gasteiger partial charge in [0.15, 0.2) is 5.76 Å². The van der Waals surface area contributed by atoms with Crippen LogP contribution in [0.4, 0.5) is 0 Å². The molecule has 0 spiro atoms. The Bertz CT molecular complexity index is 1130. The van der Waals surface area contributed by atoms with Gasteiger partial charge in [-0.25, -0.2) is 4.98 Å². The highest BCUT2D eigenvalue weighted by Crippen LogP contribution is 2.34. The largest absolute Gasteiger partial charge is 0.497 e. The van der Waals surface area contributed by atoms with E-state index in [0.717, 1.165) is 16.9 Å². The molecule has 2 aromatic carbocycles. The Morgan fingerprint density at radius 1 is 0.971 bits per heavy atom. The number of nitrogens with zero attached hydrogens (tertiary/aromatic N) is 1. The van der Waals surface area contributed by atoms with Crippen LogP contribution >= 0.6 is 0 Å². The minimum Gasteiger partial charge on any atom is -0.497 e. The predicted molar refractivity (Wildman–Crippen MR) is 132 cm³/mol. The molecular formula is C27H32N2O6. The topological polar surface area (TPSA) is 99.9 Å². The summed E-state index contributed by atoms with van der Waals surface area (Å²) in [5.41, 5.74) is 1.80. The van der Waals surface area contributed by atoms with Crippen molar-refractivity contribution in [3.8, 4) is 34.1 Å². The van der Waals surface area contributed by atoms with Crippen LogP contribution in [-0.2, 0) is 20.9 Å². The molecule has 0 saturated heterocycles. The summed E-state index contributed by atoms with van der Waals surface area (Å²) in [7, 11) is 1.61. The van der Waals surface area contributed by atoms with Crippen molar-refractivity contribution in [2.75, 3.05) is 13.7 Å². The number of esters is 1. The summed E-state index contributed by atoms with van der Waals surface area (Å²) >= 11 is 0. The van der Waals surface area contributed by atoms with Gasteiger partial charge in [0.25, 0.3) is 0 Å². The molecule has 3 rings (SSSR count). The van der Waals surface area contributed by atoms with Crippen molar-refractivity contribution >= 4 is 11.9 Å². The van der Waals surface area contributed by atoms with Crippen molar-refractivity contribution in [1.82, 2.24) is 10.3 Å². The SMILES string of the molecule is CCC(=O)NCc1nc(-c2ccc(OC)cc2)c(-c2ccc(OCCC(=O)OC(C)(C)C)cc2)o1. The Labute approximate surface area is 205 Å². The molecule has 0 aliphatic rings. The average molecular weight is 481 g/mol. The van der Waals surface area contributed by atoms with Gasteiger partial charge in [-0.15, -0.1) is 0 Å². The quantitative estimate of drug-likeness (QED) is 0.400. The van der Waals surface area contributed by atoms with Gasteiger partial charge in [0, 0.05) is 17.5 Å². The molecule has 0 aliphatic carbocycles. The number of hydrogen-bond donors (Lipinski definition) is 1. The van der Waals surface area contributed by atoms with E-state index in [-0.39, 0.29) is 31.4 Å². The molecule has 1 aromatic heterocycles. The summed E-state index contributed by atoms with van der Waals surface area (Å²) in [6.07, 6.45) is 0.546. The maximum atomic E-state index is 11.9. The first kappa shape index (κ1) is 25.8. The lowest BCUT2D eigenvalue weighted by atomic mass is 10.1. The van der Waals surface area contributed by atoms with E-state index in [9.17, 15) is 9.59 Å². The standard InChI is InChI=1S/C27H32N2O6/c1-6-22(30)28-17-23-29-25(18-7-11-20(32-5)12-8-18)26(34-23)19-9-13-21(14-10-19)33-16-15-24(31)35-27(2,3)4/h7-14H,6,15-17H2,1-5H3,(H,28,30). The van der Waals surface area contributed by atoms with E-state index >= 15 is 0 Å². The molecule has 8 nitrogen and oxygen atoms in total. The van der Waals surface area contributed by atoms with Crippen molar-refractivity contribution in [3.63, 3.8) is 0 Å². The smallest absolute Gasteiger partial charge is 0.309 e. The number of nitrogens with one attached hydrogen (secondary N) is 1. The number of benzene rings is 2. The van der Waals surface area contributed by atoms with E-state index in [1.165, 1.54) is 0 Å². The first-order chi connectivity index (χ1) is 16.7. The summed E-state index contributed by atoms with van der Waals surface area (Å²) < 4.78 is 22.3. The maximum Gasteiger partial charge on any atom is 0.309 e. The van der Waals surface area contributed by atoms with Crippen molar-refractivity contribution < 1.29 is 28.2 Å². The zero-order valence-corrected chi connectivity index (χ0v) is 20.8. The van der Waals surface area contributed by atoms with Crippen LogP contribution in [0.3, 0.4) is 0 Å². The highest BCUT2D eigenvalue weighted by molar-refractivity contribution is 5.78. The van der Waals surface area contributed by atoms with Crippen molar-refractivity contribution in [1.29, 1.82) is 0 Å². The predicted octanol–water partition coefficient (Wildman–Crippen LogP) is 5.15. The molecule has 0 unspecified atom stereocenters. The van der Waals surface area contributed by atoms with E-state index in [0.29, 0.717) is 29.5 Å². The second kappa shape index (κ2) is 11.6. The van der Waals surface area contributed by atoms with Crippen LogP contribution in [0.5, 0.6) is 11.5 Å². The van der Waals surface area contributed by atoms with Gasteiger partial charge in [0.2, 0.25) is 11.8 Å². The molecule has 0 atom stereocenters. The zero-order valence-electron chi connectivity index (χ0n) is 20.8. The fourth-order valence-electron chi connectivity index (χ4n) is 3.23. The molecule has 1 heterocycles. The van der Waals surface area contributed by atoms with Gasteiger partial charge in [-0.2, -0.15) is 0 Å². The van der Waals surface area contributed by atoms with Crippen LogP contribution in [0.1, 0.15) is 46.4 Å². The fraction of sp³-hybridized carbons (Fsp3) is 0.370. The molecular weight excluding hydrogens is 448 g/mol. The van der Waals surface area contributed by atoms with Crippen molar-refractivity contribution in [2.24, 2.45) is 0 Å². The summed E-state index contributed by atoms with van der Waals surface area (Å²) in [4.78, 5) is 28.2. The monoisotopic (exact) mass is 480 g/mol.